The van der Waals surface area contributed by atoms with Crippen LogP contribution in [0.1, 0.15) is 13.0 Å². The lowest BCUT2D eigenvalue weighted by Gasteiger charge is -2.16. The molecule has 0 aliphatic rings. The predicted octanol–water partition coefficient (Wildman–Crippen LogP) is 3.86. The summed E-state index contributed by atoms with van der Waals surface area (Å²) >= 11 is 6.06. The first kappa shape index (κ1) is 17.0. The average Bonchev–Trinajstić information content (AvgIpc) is 2.63. The van der Waals surface area contributed by atoms with E-state index in [2.05, 4.69) is 5.32 Å². The molecule has 2 aromatic carbocycles. The summed E-state index contributed by atoms with van der Waals surface area (Å²) in [4.78, 5) is 25.2. The number of carbonyl (C=O) groups is 1. The van der Waals surface area contributed by atoms with E-state index >= 15 is 0 Å². The number of anilines is 1. The van der Waals surface area contributed by atoms with E-state index in [0.717, 1.165) is 5.39 Å². The summed E-state index contributed by atoms with van der Waals surface area (Å²) in [6.45, 7) is 1.67. The number of benzene rings is 2. The summed E-state index contributed by atoms with van der Waals surface area (Å²) in [7, 11) is 1.57. The molecule has 1 heterocycles. The van der Waals surface area contributed by atoms with Gasteiger partial charge in [0.25, 0.3) is 5.56 Å². The molecular formula is C19H17ClN2O3. The van der Waals surface area contributed by atoms with Crippen molar-refractivity contribution in [1.82, 2.24) is 4.57 Å². The lowest BCUT2D eigenvalue weighted by molar-refractivity contribution is -0.118. The minimum atomic E-state index is -0.685. The molecule has 0 fully saturated rings. The monoisotopic (exact) mass is 356 g/mol. The number of carbonyl (C=O) groups excluding carboxylic acids is 1. The van der Waals surface area contributed by atoms with Crippen LogP contribution < -0.4 is 15.6 Å². The summed E-state index contributed by atoms with van der Waals surface area (Å²) < 4.78 is 6.57. The molecule has 3 rings (SSSR count). The number of rotatable bonds is 4. The maximum absolute atomic E-state index is 12.7. The highest BCUT2D eigenvalue weighted by molar-refractivity contribution is 6.33. The van der Waals surface area contributed by atoms with E-state index in [4.69, 9.17) is 16.3 Å². The minimum absolute atomic E-state index is 0.234. The lowest BCUT2D eigenvalue weighted by atomic mass is 10.1. The molecule has 0 saturated heterocycles. The van der Waals surface area contributed by atoms with Crippen LogP contribution in [0, 0.1) is 0 Å². The number of methoxy groups -OCH3 is 1. The lowest BCUT2D eigenvalue weighted by Crippen LogP contribution is -2.31. The van der Waals surface area contributed by atoms with Crippen molar-refractivity contribution in [2.75, 3.05) is 12.4 Å². The first-order chi connectivity index (χ1) is 12.0. The molecule has 1 N–H and O–H groups in total. The van der Waals surface area contributed by atoms with Gasteiger partial charge in [0.1, 0.15) is 11.8 Å². The summed E-state index contributed by atoms with van der Waals surface area (Å²) in [5.41, 5.74) is 0.279. The largest absolute Gasteiger partial charge is 0.497 e. The van der Waals surface area contributed by atoms with Crippen LogP contribution in [0.15, 0.2) is 59.5 Å². The molecule has 25 heavy (non-hydrogen) atoms. The highest BCUT2D eigenvalue weighted by atomic mass is 35.5. The Labute approximate surface area is 149 Å². The second-order valence-electron chi connectivity index (χ2n) is 5.63. The second-order valence-corrected chi connectivity index (χ2v) is 6.03. The van der Waals surface area contributed by atoms with Gasteiger partial charge in [-0.2, -0.15) is 0 Å². The maximum Gasteiger partial charge on any atom is 0.259 e. The van der Waals surface area contributed by atoms with Gasteiger partial charge >= 0.3 is 0 Å². The van der Waals surface area contributed by atoms with E-state index in [1.54, 1.807) is 68.8 Å². The van der Waals surface area contributed by atoms with E-state index in [9.17, 15) is 9.59 Å². The fourth-order valence-electron chi connectivity index (χ4n) is 2.60. The molecule has 1 amide bonds. The topological polar surface area (TPSA) is 60.3 Å². The number of nitrogens with one attached hydrogen (secondary N) is 1. The van der Waals surface area contributed by atoms with Crippen LogP contribution in [0.2, 0.25) is 5.02 Å². The molecule has 0 saturated carbocycles. The van der Waals surface area contributed by atoms with Gasteiger partial charge in [-0.15, -0.1) is 0 Å². The van der Waals surface area contributed by atoms with Crippen molar-refractivity contribution in [3.05, 3.63) is 70.1 Å². The van der Waals surface area contributed by atoms with Gasteiger partial charge in [-0.25, -0.2) is 0 Å². The minimum Gasteiger partial charge on any atom is -0.497 e. The van der Waals surface area contributed by atoms with Gasteiger partial charge in [-0.3, -0.25) is 9.59 Å². The number of hydrogen-bond acceptors (Lipinski definition) is 3. The Morgan fingerprint density at radius 2 is 1.96 bits per heavy atom. The number of halogens is 1. The molecule has 0 radical (unpaired) electrons. The first-order valence-corrected chi connectivity index (χ1v) is 8.13. The van der Waals surface area contributed by atoms with Gasteiger partial charge in [0.2, 0.25) is 5.91 Å². The number of hydrogen-bond donors (Lipinski definition) is 1. The summed E-state index contributed by atoms with van der Waals surface area (Å²) in [6.07, 6.45) is 1.61. The van der Waals surface area contributed by atoms with Gasteiger partial charge in [0.15, 0.2) is 0 Å². The average molecular weight is 357 g/mol. The Hall–Kier alpha value is -2.79. The molecule has 5 nitrogen and oxygen atoms in total. The standard InChI is InChI=1S/C19H17ClN2O3/c1-12(18(23)21-17-6-4-3-5-16(17)20)22-10-9-13-11-14(25-2)7-8-15(13)19(22)24/h3-12H,1-2H3,(H,21,23). The van der Waals surface area contributed by atoms with Crippen molar-refractivity contribution in [1.29, 1.82) is 0 Å². The Morgan fingerprint density at radius 3 is 2.68 bits per heavy atom. The smallest absolute Gasteiger partial charge is 0.259 e. The molecule has 1 unspecified atom stereocenters. The predicted molar refractivity (Wildman–Crippen MR) is 99.6 cm³/mol. The highest BCUT2D eigenvalue weighted by Crippen LogP contribution is 2.22. The SMILES string of the molecule is COc1ccc2c(=O)n(C(C)C(=O)Nc3ccccc3Cl)ccc2c1. The molecule has 128 valence electrons. The normalized spacial score (nSPS) is 12.0. The number of pyridine rings is 1. The summed E-state index contributed by atoms with van der Waals surface area (Å²) in [6, 6.07) is 13.3. The van der Waals surface area contributed by atoms with E-state index in [-0.39, 0.29) is 11.5 Å². The zero-order valence-corrected chi connectivity index (χ0v) is 14.6. The highest BCUT2D eigenvalue weighted by Gasteiger charge is 2.18. The molecule has 3 aromatic rings. The Bertz CT molecular complexity index is 997. The molecule has 1 aromatic heterocycles. The molecule has 1 atom stereocenters. The third-order valence-corrected chi connectivity index (χ3v) is 4.40. The Balaban J connectivity index is 1.93. The van der Waals surface area contributed by atoms with Crippen LogP contribution in [-0.4, -0.2) is 17.6 Å². The molecule has 0 spiro atoms. The van der Waals surface area contributed by atoms with Crippen molar-refractivity contribution < 1.29 is 9.53 Å². The summed E-state index contributed by atoms with van der Waals surface area (Å²) in [5.74, 6) is 0.359. The van der Waals surface area contributed by atoms with Crippen molar-refractivity contribution in [3.8, 4) is 5.75 Å². The first-order valence-electron chi connectivity index (χ1n) is 7.75. The van der Waals surface area contributed by atoms with Crippen LogP contribution in [0.25, 0.3) is 10.8 Å². The number of fused-ring (bicyclic) bond motifs is 1. The van der Waals surface area contributed by atoms with E-state index in [1.807, 2.05) is 0 Å². The fraction of sp³-hybridized carbons (Fsp3) is 0.158. The third-order valence-electron chi connectivity index (χ3n) is 4.07. The quantitative estimate of drug-likeness (QED) is 0.772. The molecule has 0 bridgehead atoms. The number of para-hydroxylation sites is 1. The Kier molecular flexibility index (Phi) is 4.76. The zero-order chi connectivity index (χ0) is 18.0. The van der Waals surface area contributed by atoms with Gasteiger partial charge in [0.05, 0.1) is 17.8 Å². The van der Waals surface area contributed by atoms with Crippen LogP contribution in [0.5, 0.6) is 5.75 Å². The van der Waals surface area contributed by atoms with Crippen molar-refractivity contribution >= 4 is 34.0 Å². The van der Waals surface area contributed by atoms with E-state index < -0.39 is 6.04 Å². The molecule has 0 aliphatic carbocycles. The molecule has 0 aliphatic heterocycles. The van der Waals surface area contributed by atoms with Gasteiger partial charge in [-0.05, 0) is 48.7 Å². The maximum atomic E-state index is 12.7. The number of nitrogens with zero attached hydrogens (tertiary/aromatic N) is 1. The second kappa shape index (κ2) is 6.99. The number of aromatic nitrogens is 1. The van der Waals surface area contributed by atoms with Crippen LogP contribution in [0.3, 0.4) is 0 Å². The van der Waals surface area contributed by atoms with Crippen LogP contribution >= 0.6 is 11.6 Å². The molecular weight excluding hydrogens is 340 g/mol. The van der Waals surface area contributed by atoms with Gasteiger partial charge < -0.3 is 14.6 Å². The fourth-order valence-corrected chi connectivity index (χ4v) is 2.78. The zero-order valence-electron chi connectivity index (χ0n) is 13.8. The number of ether oxygens (including phenoxy) is 1. The Morgan fingerprint density at radius 1 is 1.20 bits per heavy atom. The van der Waals surface area contributed by atoms with Crippen molar-refractivity contribution in [2.24, 2.45) is 0 Å². The van der Waals surface area contributed by atoms with Crippen LogP contribution in [0.4, 0.5) is 5.69 Å². The van der Waals surface area contributed by atoms with Crippen molar-refractivity contribution in [2.45, 2.75) is 13.0 Å². The third kappa shape index (κ3) is 3.37. The number of amides is 1. The van der Waals surface area contributed by atoms with Crippen LogP contribution in [-0.2, 0) is 4.79 Å². The molecule has 6 heteroatoms. The van der Waals surface area contributed by atoms with Gasteiger partial charge in [-0.1, -0.05) is 23.7 Å². The van der Waals surface area contributed by atoms with E-state index in [0.29, 0.717) is 21.8 Å². The van der Waals surface area contributed by atoms with E-state index in [1.165, 1.54) is 4.57 Å². The van der Waals surface area contributed by atoms with Gasteiger partial charge in [0, 0.05) is 11.6 Å². The van der Waals surface area contributed by atoms with Crippen molar-refractivity contribution in [3.63, 3.8) is 0 Å². The summed E-state index contributed by atoms with van der Waals surface area (Å²) in [5, 5.41) is 4.49.